The largest absolute Gasteiger partial charge is 0.389 e. The van der Waals surface area contributed by atoms with E-state index in [0.717, 1.165) is 0 Å². The van der Waals surface area contributed by atoms with Gasteiger partial charge in [-0.15, -0.1) is 12.4 Å². The number of nitrogens with one attached hydrogen (secondary N) is 1. The molecule has 2 nitrogen and oxygen atoms in total. The van der Waals surface area contributed by atoms with E-state index >= 15 is 0 Å². The van der Waals surface area contributed by atoms with E-state index in [1.54, 1.807) is 18.2 Å². The average molecular weight is 406 g/mol. The highest BCUT2D eigenvalue weighted by molar-refractivity contribution is 9.10. The minimum atomic E-state index is -4.23. The van der Waals surface area contributed by atoms with Crippen molar-refractivity contribution < 1.29 is 17.6 Å². The van der Waals surface area contributed by atoms with Crippen molar-refractivity contribution in [1.82, 2.24) is 10.2 Å². The lowest BCUT2D eigenvalue weighted by molar-refractivity contribution is -0.138. The first kappa shape index (κ1) is 19.7. The lowest BCUT2D eigenvalue weighted by atomic mass is 9.98. The van der Waals surface area contributed by atoms with Crippen molar-refractivity contribution in [2.45, 2.75) is 25.1 Å². The van der Waals surface area contributed by atoms with Gasteiger partial charge in [-0.1, -0.05) is 12.1 Å². The molecule has 1 atom stereocenters. The Kier molecular flexibility index (Phi) is 7.58. The number of alkyl halides is 3. The fourth-order valence-electron chi connectivity index (χ4n) is 2.61. The summed E-state index contributed by atoms with van der Waals surface area (Å²) in [7, 11) is 0. The van der Waals surface area contributed by atoms with Crippen molar-refractivity contribution in [2.24, 2.45) is 0 Å². The number of rotatable bonds is 4. The highest BCUT2D eigenvalue weighted by atomic mass is 79.9. The lowest BCUT2D eigenvalue weighted by Crippen LogP contribution is -2.45. The summed E-state index contributed by atoms with van der Waals surface area (Å²) in [5, 5.41) is 3.15. The van der Waals surface area contributed by atoms with Gasteiger partial charge in [-0.2, -0.15) is 13.2 Å². The van der Waals surface area contributed by atoms with Crippen LogP contribution in [0.5, 0.6) is 0 Å². The van der Waals surface area contributed by atoms with Crippen molar-refractivity contribution in [2.75, 3.05) is 26.2 Å². The second-order valence-electron chi connectivity index (χ2n) is 5.10. The predicted octanol–water partition coefficient (Wildman–Crippen LogP) is 4.30. The predicted molar refractivity (Wildman–Crippen MR) is 83.8 cm³/mol. The van der Waals surface area contributed by atoms with E-state index < -0.39 is 24.5 Å². The first-order valence-corrected chi connectivity index (χ1v) is 7.63. The Labute approximate surface area is 141 Å². The molecule has 2 rings (SSSR count). The van der Waals surface area contributed by atoms with Gasteiger partial charge in [-0.3, -0.25) is 4.90 Å². The summed E-state index contributed by atoms with van der Waals surface area (Å²) in [5.41, 5.74) is 0.329. The van der Waals surface area contributed by atoms with E-state index in [0.29, 0.717) is 31.7 Å². The molecule has 0 spiro atoms. The fraction of sp³-hybridized carbons (Fsp3) is 0.571. The number of benzene rings is 1. The molecule has 8 heteroatoms. The molecule has 1 N–H and O–H groups in total. The van der Waals surface area contributed by atoms with Gasteiger partial charge in [0.15, 0.2) is 0 Å². The fourth-order valence-corrected chi connectivity index (χ4v) is 2.99. The SMILES string of the molecule is Cl.Fc1c(Br)cccc1[C@H](CCC(F)(F)F)N1CCNCC1. The molecule has 0 saturated carbocycles. The second kappa shape index (κ2) is 8.47. The molecule has 1 aromatic rings. The van der Waals surface area contributed by atoms with E-state index in [9.17, 15) is 17.6 Å². The zero-order chi connectivity index (χ0) is 15.5. The maximum absolute atomic E-state index is 14.3. The van der Waals surface area contributed by atoms with Crippen molar-refractivity contribution in [3.8, 4) is 0 Å². The van der Waals surface area contributed by atoms with Crippen molar-refractivity contribution in [3.05, 3.63) is 34.1 Å². The number of piperazine rings is 1. The molecule has 1 aliphatic rings. The minimum absolute atomic E-state index is 0. The molecular formula is C14H18BrClF4N2. The number of hydrogen-bond donors (Lipinski definition) is 1. The molecule has 0 aromatic heterocycles. The van der Waals surface area contributed by atoms with E-state index in [2.05, 4.69) is 21.2 Å². The van der Waals surface area contributed by atoms with E-state index in [4.69, 9.17) is 0 Å². The lowest BCUT2D eigenvalue weighted by Gasteiger charge is -2.35. The summed E-state index contributed by atoms with van der Waals surface area (Å²) in [4.78, 5) is 1.92. The first-order chi connectivity index (χ1) is 9.88. The van der Waals surface area contributed by atoms with Crippen LogP contribution >= 0.6 is 28.3 Å². The number of nitrogens with zero attached hydrogens (tertiary/aromatic N) is 1. The highest BCUT2D eigenvalue weighted by Gasteiger charge is 2.32. The molecule has 0 amide bonds. The molecule has 1 heterocycles. The molecule has 0 unspecified atom stereocenters. The molecule has 126 valence electrons. The van der Waals surface area contributed by atoms with Crippen LogP contribution in [0, 0.1) is 5.82 Å². The third kappa shape index (κ3) is 5.37. The van der Waals surface area contributed by atoms with Crippen LogP contribution in [-0.2, 0) is 0 Å². The van der Waals surface area contributed by atoms with Crippen molar-refractivity contribution in [3.63, 3.8) is 0 Å². The monoisotopic (exact) mass is 404 g/mol. The Morgan fingerprint density at radius 1 is 1.23 bits per heavy atom. The molecule has 1 aliphatic heterocycles. The highest BCUT2D eigenvalue weighted by Crippen LogP contribution is 2.34. The maximum atomic E-state index is 14.3. The third-order valence-corrected chi connectivity index (χ3v) is 4.25. The van der Waals surface area contributed by atoms with Crippen LogP contribution in [0.15, 0.2) is 22.7 Å². The van der Waals surface area contributed by atoms with Crippen LogP contribution in [0.2, 0.25) is 0 Å². The molecule has 1 fully saturated rings. The van der Waals surface area contributed by atoms with Gasteiger partial charge in [0.1, 0.15) is 5.82 Å². The molecule has 0 aliphatic carbocycles. The Morgan fingerprint density at radius 2 is 1.86 bits per heavy atom. The van der Waals surface area contributed by atoms with Gasteiger partial charge in [0, 0.05) is 44.2 Å². The minimum Gasteiger partial charge on any atom is -0.314 e. The van der Waals surface area contributed by atoms with Crippen LogP contribution in [-0.4, -0.2) is 37.3 Å². The summed E-state index contributed by atoms with van der Waals surface area (Å²) in [6.45, 7) is 2.65. The zero-order valence-electron chi connectivity index (χ0n) is 11.8. The first-order valence-electron chi connectivity index (χ1n) is 6.84. The van der Waals surface area contributed by atoms with Gasteiger partial charge in [-0.25, -0.2) is 4.39 Å². The third-order valence-electron chi connectivity index (χ3n) is 3.63. The summed E-state index contributed by atoms with van der Waals surface area (Å²) in [6, 6.07) is 4.23. The Bertz CT molecular complexity index is 478. The van der Waals surface area contributed by atoms with Crippen molar-refractivity contribution >= 4 is 28.3 Å². The normalized spacial score (nSPS) is 17.9. The Morgan fingerprint density at radius 3 is 2.45 bits per heavy atom. The van der Waals surface area contributed by atoms with Gasteiger partial charge >= 0.3 is 6.18 Å². The van der Waals surface area contributed by atoms with Crippen LogP contribution < -0.4 is 5.32 Å². The number of halogens is 6. The summed E-state index contributed by atoms with van der Waals surface area (Å²) < 4.78 is 52.2. The van der Waals surface area contributed by atoms with Gasteiger partial charge in [0.05, 0.1) is 4.47 Å². The standard InChI is InChI=1S/C14H17BrF4N2.ClH/c15-11-3-1-2-10(13(11)16)12(4-5-14(17,18)19)21-8-6-20-7-9-21;/h1-3,12,20H,4-9H2;1H/t12-;/m0./s1. The molecule has 22 heavy (non-hydrogen) atoms. The van der Waals surface area contributed by atoms with E-state index in [1.165, 1.54) is 0 Å². The topological polar surface area (TPSA) is 15.3 Å². The van der Waals surface area contributed by atoms with Crippen LogP contribution in [0.3, 0.4) is 0 Å². The summed E-state index contributed by atoms with van der Waals surface area (Å²) in [6.07, 6.45) is -5.26. The van der Waals surface area contributed by atoms with Gasteiger partial charge in [0.2, 0.25) is 0 Å². The van der Waals surface area contributed by atoms with Crippen LogP contribution in [0.25, 0.3) is 0 Å². The van der Waals surface area contributed by atoms with Gasteiger partial charge < -0.3 is 5.32 Å². The maximum Gasteiger partial charge on any atom is 0.389 e. The van der Waals surface area contributed by atoms with E-state index in [1.807, 2.05) is 4.90 Å². The molecule has 0 radical (unpaired) electrons. The average Bonchev–Trinajstić information content (AvgIpc) is 2.43. The molecule has 1 aromatic carbocycles. The van der Waals surface area contributed by atoms with Crippen molar-refractivity contribution in [1.29, 1.82) is 0 Å². The summed E-state index contributed by atoms with van der Waals surface area (Å²) >= 11 is 3.10. The van der Waals surface area contributed by atoms with Gasteiger partial charge in [-0.05, 0) is 28.4 Å². The zero-order valence-corrected chi connectivity index (χ0v) is 14.2. The smallest absolute Gasteiger partial charge is 0.314 e. The van der Waals surface area contributed by atoms with Crippen LogP contribution in [0.1, 0.15) is 24.4 Å². The molecular weight excluding hydrogens is 388 g/mol. The summed E-state index contributed by atoms with van der Waals surface area (Å²) in [5.74, 6) is -0.469. The molecule has 1 saturated heterocycles. The van der Waals surface area contributed by atoms with E-state index in [-0.39, 0.29) is 23.3 Å². The Hall–Kier alpha value is -0.370. The number of hydrogen-bond acceptors (Lipinski definition) is 2. The quantitative estimate of drug-likeness (QED) is 0.752. The Balaban J connectivity index is 0.00000242. The molecule has 0 bridgehead atoms. The second-order valence-corrected chi connectivity index (χ2v) is 5.95. The van der Waals surface area contributed by atoms with Crippen LogP contribution in [0.4, 0.5) is 17.6 Å². The van der Waals surface area contributed by atoms with Gasteiger partial charge in [0.25, 0.3) is 0 Å².